The highest BCUT2D eigenvalue weighted by Gasteiger charge is 2.07. The first kappa shape index (κ1) is 15.8. The van der Waals surface area contributed by atoms with Gasteiger partial charge in [0.2, 0.25) is 0 Å². The van der Waals surface area contributed by atoms with Gasteiger partial charge in [0.1, 0.15) is 0 Å². The van der Waals surface area contributed by atoms with Crippen LogP contribution in [0.1, 0.15) is 23.2 Å². The maximum Gasteiger partial charge on any atom is 0.255 e. The van der Waals surface area contributed by atoms with Gasteiger partial charge in [-0.3, -0.25) is 4.79 Å². The quantitative estimate of drug-likeness (QED) is 0.468. The SMILES string of the molecule is Cc1nc(SCCCc2ccccc2)[nH]c(=O)c1CCO. The van der Waals surface area contributed by atoms with Crippen molar-refractivity contribution in [3.8, 4) is 0 Å². The van der Waals surface area contributed by atoms with Crippen molar-refractivity contribution in [3.05, 3.63) is 57.5 Å². The van der Waals surface area contributed by atoms with Crippen LogP contribution in [0.25, 0.3) is 0 Å². The average molecular weight is 304 g/mol. The van der Waals surface area contributed by atoms with Crippen LogP contribution in [0.2, 0.25) is 0 Å². The molecule has 4 nitrogen and oxygen atoms in total. The molecule has 2 rings (SSSR count). The summed E-state index contributed by atoms with van der Waals surface area (Å²) in [5.74, 6) is 0.913. The largest absolute Gasteiger partial charge is 0.396 e. The molecule has 0 saturated heterocycles. The van der Waals surface area contributed by atoms with Gasteiger partial charge in [-0.25, -0.2) is 4.98 Å². The molecule has 2 N–H and O–H groups in total. The van der Waals surface area contributed by atoms with Crippen LogP contribution in [-0.4, -0.2) is 27.4 Å². The van der Waals surface area contributed by atoms with E-state index in [9.17, 15) is 4.79 Å². The Labute approximate surface area is 128 Å². The fourth-order valence-corrected chi connectivity index (χ4v) is 3.00. The molecule has 0 radical (unpaired) electrons. The van der Waals surface area contributed by atoms with Crippen LogP contribution in [0.15, 0.2) is 40.3 Å². The summed E-state index contributed by atoms with van der Waals surface area (Å²) in [6, 6.07) is 10.4. The molecule has 0 aliphatic carbocycles. The van der Waals surface area contributed by atoms with Crippen molar-refractivity contribution in [3.63, 3.8) is 0 Å². The van der Waals surface area contributed by atoms with Gasteiger partial charge >= 0.3 is 0 Å². The van der Waals surface area contributed by atoms with Crippen LogP contribution in [0.5, 0.6) is 0 Å². The van der Waals surface area contributed by atoms with Crippen molar-refractivity contribution in [2.24, 2.45) is 0 Å². The monoisotopic (exact) mass is 304 g/mol. The number of benzene rings is 1. The third kappa shape index (κ3) is 4.72. The number of hydrogen-bond acceptors (Lipinski definition) is 4. The topological polar surface area (TPSA) is 66.0 Å². The number of aliphatic hydroxyl groups is 1. The summed E-state index contributed by atoms with van der Waals surface area (Å²) < 4.78 is 0. The highest BCUT2D eigenvalue weighted by atomic mass is 32.2. The van der Waals surface area contributed by atoms with E-state index in [0.29, 0.717) is 22.8 Å². The van der Waals surface area contributed by atoms with E-state index in [1.165, 1.54) is 5.56 Å². The molecule has 0 atom stereocenters. The molecule has 0 bridgehead atoms. The number of aliphatic hydroxyl groups excluding tert-OH is 1. The predicted molar refractivity (Wildman–Crippen MR) is 85.9 cm³/mol. The molecular formula is C16H20N2O2S. The average Bonchev–Trinajstić information content (AvgIpc) is 2.48. The molecular weight excluding hydrogens is 284 g/mol. The number of rotatable bonds is 7. The normalized spacial score (nSPS) is 10.8. The van der Waals surface area contributed by atoms with Crippen LogP contribution < -0.4 is 5.56 Å². The standard InChI is InChI=1S/C16H20N2O2S/c1-12-14(9-10-19)15(20)18-16(17-12)21-11-5-8-13-6-3-2-4-7-13/h2-4,6-7,19H,5,8-11H2,1H3,(H,17,18,20). The van der Waals surface area contributed by atoms with Crippen LogP contribution in [-0.2, 0) is 12.8 Å². The van der Waals surface area contributed by atoms with E-state index in [1.807, 2.05) is 25.1 Å². The maximum absolute atomic E-state index is 11.9. The Kier molecular flexibility index (Phi) is 6.02. The van der Waals surface area contributed by atoms with E-state index in [0.717, 1.165) is 18.6 Å². The highest BCUT2D eigenvalue weighted by molar-refractivity contribution is 7.99. The van der Waals surface area contributed by atoms with Gasteiger partial charge in [0.25, 0.3) is 5.56 Å². The molecule has 0 fully saturated rings. The van der Waals surface area contributed by atoms with Crippen LogP contribution in [0.3, 0.4) is 0 Å². The smallest absolute Gasteiger partial charge is 0.255 e. The van der Waals surface area contributed by atoms with Gasteiger partial charge in [0.15, 0.2) is 5.16 Å². The third-order valence-corrected chi connectivity index (χ3v) is 4.21. The fraction of sp³-hybridized carbons (Fsp3) is 0.375. The van der Waals surface area contributed by atoms with Crippen molar-refractivity contribution in [2.45, 2.75) is 31.3 Å². The minimum absolute atomic E-state index is 0.0326. The Morgan fingerprint density at radius 1 is 1.24 bits per heavy atom. The van der Waals surface area contributed by atoms with Crippen molar-refractivity contribution in [2.75, 3.05) is 12.4 Å². The van der Waals surface area contributed by atoms with Gasteiger partial charge in [0, 0.05) is 30.0 Å². The summed E-state index contributed by atoms with van der Waals surface area (Å²) in [5, 5.41) is 9.59. The Morgan fingerprint density at radius 3 is 2.67 bits per heavy atom. The van der Waals surface area contributed by atoms with E-state index in [4.69, 9.17) is 5.11 Å². The molecule has 0 unspecified atom stereocenters. The number of aryl methyl sites for hydroxylation is 2. The zero-order valence-corrected chi connectivity index (χ0v) is 12.9. The van der Waals surface area contributed by atoms with Crippen molar-refractivity contribution in [1.82, 2.24) is 9.97 Å². The molecule has 112 valence electrons. The van der Waals surface area contributed by atoms with Gasteiger partial charge in [-0.05, 0) is 25.3 Å². The number of H-pyrrole nitrogens is 1. The minimum atomic E-state index is -0.137. The van der Waals surface area contributed by atoms with Crippen LogP contribution in [0.4, 0.5) is 0 Å². The summed E-state index contributed by atoms with van der Waals surface area (Å²) in [6.45, 7) is 1.78. The zero-order chi connectivity index (χ0) is 15.1. The number of thioether (sulfide) groups is 1. The summed E-state index contributed by atoms with van der Waals surface area (Å²) >= 11 is 1.57. The van der Waals surface area contributed by atoms with E-state index in [-0.39, 0.29) is 12.2 Å². The molecule has 2 aromatic rings. The van der Waals surface area contributed by atoms with Crippen molar-refractivity contribution in [1.29, 1.82) is 0 Å². The van der Waals surface area contributed by atoms with Crippen LogP contribution >= 0.6 is 11.8 Å². The number of aromatic amines is 1. The molecule has 21 heavy (non-hydrogen) atoms. The molecule has 1 heterocycles. The lowest BCUT2D eigenvalue weighted by molar-refractivity contribution is 0.298. The lowest BCUT2D eigenvalue weighted by atomic mass is 10.1. The highest BCUT2D eigenvalue weighted by Crippen LogP contribution is 2.15. The van der Waals surface area contributed by atoms with E-state index >= 15 is 0 Å². The Bertz CT molecular complexity index is 626. The summed E-state index contributed by atoms with van der Waals surface area (Å²) in [4.78, 5) is 19.1. The van der Waals surface area contributed by atoms with E-state index in [2.05, 4.69) is 22.1 Å². The van der Waals surface area contributed by atoms with Gasteiger partial charge in [0.05, 0.1) is 0 Å². The van der Waals surface area contributed by atoms with Crippen LogP contribution in [0, 0.1) is 6.92 Å². The van der Waals surface area contributed by atoms with E-state index in [1.54, 1.807) is 11.8 Å². The molecule has 1 aromatic heterocycles. The number of nitrogens with zero attached hydrogens (tertiary/aromatic N) is 1. The maximum atomic E-state index is 11.9. The van der Waals surface area contributed by atoms with E-state index < -0.39 is 0 Å². The van der Waals surface area contributed by atoms with Gasteiger partial charge in [-0.1, -0.05) is 42.1 Å². The second-order valence-corrected chi connectivity index (χ2v) is 5.93. The van der Waals surface area contributed by atoms with Gasteiger partial charge < -0.3 is 10.1 Å². The fourth-order valence-electron chi connectivity index (χ4n) is 2.15. The number of nitrogens with one attached hydrogen (secondary N) is 1. The Morgan fingerprint density at radius 2 is 2.00 bits per heavy atom. The lowest BCUT2D eigenvalue weighted by Gasteiger charge is -2.06. The second kappa shape index (κ2) is 8.00. The zero-order valence-electron chi connectivity index (χ0n) is 12.1. The molecule has 0 spiro atoms. The number of hydrogen-bond donors (Lipinski definition) is 2. The van der Waals surface area contributed by atoms with Gasteiger partial charge in [-0.15, -0.1) is 0 Å². The van der Waals surface area contributed by atoms with Crippen molar-refractivity contribution >= 4 is 11.8 Å². The van der Waals surface area contributed by atoms with Crippen molar-refractivity contribution < 1.29 is 5.11 Å². The Balaban J connectivity index is 1.88. The predicted octanol–water partition coefficient (Wildman–Crippen LogP) is 2.34. The first-order valence-electron chi connectivity index (χ1n) is 7.08. The Hall–Kier alpha value is -1.59. The minimum Gasteiger partial charge on any atom is -0.396 e. The molecule has 5 heteroatoms. The first-order chi connectivity index (χ1) is 10.2. The summed E-state index contributed by atoms with van der Waals surface area (Å²) in [5.41, 5.74) is 2.47. The molecule has 1 aromatic carbocycles. The second-order valence-electron chi connectivity index (χ2n) is 4.85. The number of aromatic nitrogens is 2. The molecule has 0 aliphatic rings. The molecule has 0 saturated carbocycles. The third-order valence-electron chi connectivity index (χ3n) is 3.25. The molecule has 0 aliphatic heterocycles. The van der Waals surface area contributed by atoms with Gasteiger partial charge in [-0.2, -0.15) is 0 Å². The summed E-state index contributed by atoms with van der Waals surface area (Å²) in [6.07, 6.45) is 2.42. The first-order valence-corrected chi connectivity index (χ1v) is 8.06. The molecule has 0 amide bonds. The lowest BCUT2D eigenvalue weighted by Crippen LogP contribution is -2.18. The summed E-state index contributed by atoms with van der Waals surface area (Å²) in [7, 11) is 0.